The standard InChI is InChI=1S/C13H23NO4S/c1-10-6-4-5-8-14(11(10)2)12(3)13(7-9-15)18-19(16)17/h9-11,13H,3-8H2,1-2H3,(H,16,17)/p-1. The molecule has 5 nitrogen and oxygen atoms in total. The van der Waals surface area contributed by atoms with Crippen molar-refractivity contribution >= 4 is 17.6 Å². The molecule has 1 aliphatic heterocycles. The third-order valence-electron chi connectivity index (χ3n) is 3.87. The van der Waals surface area contributed by atoms with Gasteiger partial charge in [0, 0.05) is 24.7 Å². The van der Waals surface area contributed by atoms with Crippen LogP contribution < -0.4 is 0 Å². The van der Waals surface area contributed by atoms with E-state index in [-0.39, 0.29) is 12.5 Å². The number of rotatable bonds is 6. The van der Waals surface area contributed by atoms with Crippen LogP contribution in [0.2, 0.25) is 0 Å². The summed E-state index contributed by atoms with van der Waals surface area (Å²) < 4.78 is 26.1. The van der Waals surface area contributed by atoms with Crippen LogP contribution >= 0.6 is 0 Å². The molecule has 0 N–H and O–H groups in total. The average Bonchev–Trinajstić information content (AvgIpc) is 2.51. The molecular formula is C13H22NO4S-. The zero-order valence-electron chi connectivity index (χ0n) is 11.5. The summed E-state index contributed by atoms with van der Waals surface area (Å²) in [7, 11) is 0. The maximum absolute atomic E-state index is 10.7. The summed E-state index contributed by atoms with van der Waals surface area (Å²) in [5.74, 6) is 0.508. The summed E-state index contributed by atoms with van der Waals surface area (Å²) in [5, 5.41) is 0. The Morgan fingerprint density at radius 2 is 2.26 bits per heavy atom. The number of hydrogen-bond acceptors (Lipinski definition) is 5. The lowest BCUT2D eigenvalue weighted by Crippen LogP contribution is -2.40. The van der Waals surface area contributed by atoms with Gasteiger partial charge >= 0.3 is 0 Å². The minimum atomic E-state index is -2.64. The monoisotopic (exact) mass is 288 g/mol. The fourth-order valence-corrected chi connectivity index (χ4v) is 2.88. The van der Waals surface area contributed by atoms with Crippen LogP contribution in [0, 0.1) is 5.92 Å². The molecule has 0 spiro atoms. The highest BCUT2D eigenvalue weighted by atomic mass is 32.2. The van der Waals surface area contributed by atoms with Gasteiger partial charge in [0.05, 0.1) is 11.4 Å². The summed E-state index contributed by atoms with van der Waals surface area (Å²) in [5.41, 5.74) is 0.581. The van der Waals surface area contributed by atoms with Crippen LogP contribution in [0.3, 0.4) is 0 Å². The summed E-state index contributed by atoms with van der Waals surface area (Å²) in [6, 6.07) is 0.271. The van der Waals surface area contributed by atoms with Crippen LogP contribution in [0.4, 0.5) is 0 Å². The highest BCUT2D eigenvalue weighted by molar-refractivity contribution is 7.74. The molecule has 0 amide bonds. The summed E-state index contributed by atoms with van der Waals surface area (Å²) in [4.78, 5) is 12.7. The largest absolute Gasteiger partial charge is 0.750 e. The predicted molar refractivity (Wildman–Crippen MR) is 72.8 cm³/mol. The molecule has 6 heteroatoms. The maximum Gasteiger partial charge on any atom is 0.123 e. The molecule has 0 bridgehead atoms. The summed E-state index contributed by atoms with van der Waals surface area (Å²) in [6.07, 6.45) is 3.23. The van der Waals surface area contributed by atoms with Crippen molar-refractivity contribution in [2.75, 3.05) is 6.54 Å². The van der Waals surface area contributed by atoms with Crippen LogP contribution in [0.15, 0.2) is 12.3 Å². The molecular weight excluding hydrogens is 266 g/mol. The Bertz CT molecular complexity index is 348. The zero-order chi connectivity index (χ0) is 14.4. The van der Waals surface area contributed by atoms with Crippen molar-refractivity contribution in [3.05, 3.63) is 12.3 Å². The first-order chi connectivity index (χ1) is 8.97. The molecule has 1 rings (SSSR count). The fraction of sp³-hybridized carbons (Fsp3) is 0.769. The number of aldehydes is 1. The molecule has 110 valence electrons. The number of carbonyl (C=O) groups excluding carboxylic acids is 1. The Kier molecular flexibility index (Phi) is 6.68. The van der Waals surface area contributed by atoms with E-state index in [9.17, 15) is 13.6 Å². The minimum Gasteiger partial charge on any atom is -0.750 e. The summed E-state index contributed by atoms with van der Waals surface area (Å²) in [6.45, 7) is 9.06. The Morgan fingerprint density at radius 1 is 1.58 bits per heavy atom. The molecule has 1 fully saturated rings. The minimum absolute atomic E-state index is 0.00438. The molecule has 0 aromatic rings. The van der Waals surface area contributed by atoms with E-state index in [0.717, 1.165) is 25.8 Å². The predicted octanol–water partition coefficient (Wildman–Crippen LogP) is 1.78. The van der Waals surface area contributed by atoms with Gasteiger partial charge in [-0.1, -0.05) is 19.9 Å². The van der Waals surface area contributed by atoms with Gasteiger partial charge < -0.3 is 14.2 Å². The van der Waals surface area contributed by atoms with Crippen molar-refractivity contribution in [3.8, 4) is 0 Å². The van der Waals surface area contributed by atoms with Crippen LogP contribution in [0.1, 0.15) is 39.5 Å². The van der Waals surface area contributed by atoms with Gasteiger partial charge in [-0.15, -0.1) is 0 Å². The number of carbonyl (C=O) groups is 1. The molecule has 1 aliphatic rings. The van der Waals surface area contributed by atoms with Crippen LogP contribution in [-0.4, -0.2) is 38.6 Å². The molecule has 1 saturated heterocycles. The van der Waals surface area contributed by atoms with E-state index >= 15 is 0 Å². The lowest BCUT2D eigenvalue weighted by Gasteiger charge is -2.37. The molecule has 4 atom stereocenters. The van der Waals surface area contributed by atoms with Gasteiger partial charge in [0.25, 0.3) is 0 Å². The third-order valence-corrected chi connectivity index (χ3v) is 4.26. The highest BCUT2D eigenvalue weighted by Crippen LogP contribution is 2.27. The second-order valence-electron chi connectivity index (χ2n) is 5.09. The lowest BCUT2D eigenvalue weighted by atomic mass is 9.98. The first kappa shape index (κ1) is 16.3. The van der Waals surface area contributed by atoms with Crippen molar-refractivity contribution in [1.29, 1.82) is 0 Å². The van der Waals surface area contributed by atoms with Gasteiger partial charge in [0.15, 0.2) is 0 Å². The van der Waals surface area contributed by atoms with E-state index in [4.69, 9.17) is 4.18 Å². The van der Waals surface area contributed by atoms with E-state index in [1.165, 1.54) is 0 Å². The Morgan fingerprint density at radius 3 is 2.84 bits per heavy atom. The molecule has 0 saturated carbocycles. The number of nitrogens with zero attached hydrogens (tertiary/aromatic N) is 1. The van der Waals surface area contributed by atoms with Gasteiger partial charge in [-0.05, 0) is 25.7 Å². The molecule has 0 aromatic heterocycles. The SMILES string of the molecule is C=C(C(CC=O)OS(=O)[O-])N1CCCCC(C)C1C. The van der Waals surface area contributed by atoms with E-state index < -0.39 is 17.5 Å². The zero-order valence-corrected chi connectivity index (χ0v) is 12.4. The smallest absolute Gasteiger partial charge is 0.123 e. The lowest BCUT2D eigenvalue weighted by molar-refractivity contribution is -0.109. The Balaban J connectivity index is 2.80. The van der Waals surface area contributed by atoms with Crippen LogP contribution in [0.5, 0.6) is 0 Å². The second-order valence-corrected chi connectivity index (χ2v) is 5.69. The maximum atomic E-state index is 10.7. The average molecular weight is 288 g/mol. The third kappa shape index (κ3) is 4.71. The van der Waals surface area contributed by atoms with Gasteiger partial charge in [0.2, 0.25) is 0 Å². The molecule has 0 aromatic carbocycles. The number of likely N-dealkylation sites (tertiary alicyclic amines) is 1. The quantitative estimate of drug-likeness (QED) is 0.550. The molecule has 0 aliphatic carbocycles. The van der Waals surface area contributed by atoms with Crippen molar-refractivity contribution in [2.45, 2.75) is 51.7 Å². The fourth-order valence-electron chi connectivity index (χ4n) is 2.50. The Hall–Kier alpha value is -0.720. The second kappa shape index (κ2) is 7.77. The van der Waals surface area contributed by atoms with Crippen molar-refractivity contribution in [2.24, 2.45) is 5.92 Å². The van der Waals surface area contributed by atoms with Crippen LogP contribution in [-0.2, 0) is 20.3 Å². The molecule has 0 radical (unpaired) electrons. The van der Waals surface area contributed by atoms with E-state index in [0.29, 0.717) is 17.9 Å². The molecule has 4 unspecified atom stereocenters. The van der Waals surface area contributed by atoms with E-state index in [2.05, 4.69) is 25.3 Å². The molecule has 19 heavy (non-hydrogen) atoms. The summed E-state index contributed by atoms with van der Waals surface area (Å²) >= 11 is -2.64. The number of hydrogen-bond donors (Lipinski definition) is 0. The highest BCUT2D eigenvalue weighted by Gasteiger charge is 2.28. The van der Waals surface area contributed by atoms with Gasteiger partial charge in [0.1, 0.15) is 12.4 Å². The van der Waals surface area contributed by atoms with Crippen molar-refractivity contribution in [1.82, 2.24) is 4.90 Å². The van der Waals surface area contributed by atoms with Gasteiger partial charge in [-0.3, -0.25) is 4.18 Å². The van der Waals surface area contributed by atoms with Gasteiger partial charge in [-0.2, -0.15) is 0 Å². The molecule has 1 heterocycles. The van der Waals surface area contributed by atoms with Crippen LogP contribution in [0.25, 0.3) is 0 Å². The van der Waals surface area contributed by atoms with Gasteiger partial charge in [-0.25, -0.2) is 4.21 Å². The van der Waals surface area contributed by atoms with E-state index in [1.807, 2.05) is 0 Å². The Labute approximate surface area is 117 Å². The van der Waals surface area contributed by atoms with Crippen molar-refractivity contribution < 1.29 is 17.7 Å². The first-order valence-corrected chi connectivity index (χ1v) is 7.62. The van der Waals surface area contributed by atoms with E-state index in [1.54, 1.807) is 0 Å². The first-order valence-electron chi connectivity index (χ1n) is 6.62. The normalized spacial score (nSPS) is 27.4. The topological polar surface area (TPSA) is 69.7 Å². The van der Waals surface area contributed by atoms with Crippen molar-refractivity contribution in [3.63, 3.8) is 0 Å².